The van der Waals surface area contributed by atoms with E-state index in [1.165, 1.54) is 6.07 Å². The highest BCUT2D eigenvalue weighted by Gasteiger charge is 2.19. The summed E-state index contributed by atoms with van der Waals surface area (Å²) in [4.78, 5) is 0.00959. The van der Waals surface area contributed by atoms with E-state index in [1.54, 1.807) is 36.2 Å². The van der Waals surface area contributed by atoms with Gasteiger partial charge in [0.1, 0.15) is 10.6 Å². The quantitative estimate of drug-likeness (QED) is 0.719. The second-order valence-electron chi connectivity index (χ2n) is 4.99. The Kier molecular flexibility index (Phi) is 4.44. The van der Waals surface area contributed by atoms with Crippen molar-refractivity contribution in [2.24, 2.45) is 5.14 Å². The molecule has 0 saturated carbocycles. The summed E-state index contributed by atoms with van der Waals surface area (Å²) in [6.07, 6.45) is 1.61. The summed E-state index contributed by atoms with van der Waals surface area (Å²) in [5.41, 5.74) is 1.95. The number of halogens is 1. The molecule has 0 radical (unpaired) electrons. The third-order valence-corrected chi connectivity index (χ3v) is 5.03. The molecule has 0 saturated heterocycles. The normalized spacial score (nSPS) is 11.5. The molecule has 0 atom stereocenters. The molecule has 0 unspecified atom stereocenters. The minimum atomic E-state index is -3.88. The van der Waals surface area contributed by atoms with Crippen molar-refractivity contribution in [1.82, 2.24) is 9.78 Å². The summed E-state index contributed by atoms with van der Waals surface area (Å²) < 4.78 is 31.2. The zero-order valence-corrected chi connectivity index (χ0v) is 15.1. The number of sulfonamides is 1. The van der Waals surface area contributed by atoms with Crippen LogP contribution in [0.2, 0.25) is 0 Å². The van der Waals surface area contributed by atoms with E-state index in [-0.39, 0.29) is 4.90 Å². The molecule has 8 heteroatoms. The first-order valence-corrected chi connectivity index (χ1v) is 9.26. The molecule has 0 aliphatic heterocycles. The van der Waals surface area contributed by atoms with Crippen molar-refractivity contribution in [3.8, 4) is 22.7 Å². The van der Waals surface area contributed by atoms with Crippen LogP contribution in [-0.2, 0) is 10.0 Å². The number of ether oxygens (including phenoxy) is 1. The van der Waals surface area contributed by atoms with E-state index >= 15 is 0 Å². The number of nitrogens with zero attached hydrogens (tertiary/aromatic N) is 2. The topological polar surface area (TPSA) is 87.2 Å². The van der Waals surface area contributed by atoms with E-state index in [9.17, 15) is 8.42 Å². The lowest BCUT2D eigenvalue weighted by Gasteiger charge is -2.12. The predicted molar refractivity (Wildman–Crippen MR) is 94.6 cm³/mol. The van der Waals surface area contributed by atoms with Crippen LogP contribution in [0.3, 0.4) is 0 Å². The van der Waals surface area contributed by atoms with Gasteiger partial charge in [0, 0.05) is 5.56 Å². The molecule has 0 amide bonds. The Hall–Kier alpha value is -2.16. The van der Waals surface area contributed by atoms with Gasteiger partial charge in [0.15, 0.2) is 0 Å². The third-order valence-electron chi connectivity index (χ3n) is 3.49. The first kappa shape index (κ1) is 16.7. The zero-order chi connectivity index (χ0) is 17.3. The zero-order valence-electron chi connectivity index (χ0n) is 12.7. The average Bonchev–Trinajstić information content (AvgIpc) is 2.95. The lowest BCUT2D eigenvalue weighted by Crippen LogP contribution is -2.16. The number of rotatable bonds is 4. The highest BCUT2D eigenvalue weighted by molar-refractivity contribution is 9.10. The van der Waals surface area contributed by atoms with Crippen molar-refractivity contribution in [1.29, 1.82) is 0 Å². The summed E-state index contributed by atoms with van der Waals surface area (Å²) >= 11 is 3.47. The summed E-state index contributed by atoms with van der Waals surface area (Å²) in [5.74, 6) is 0.728. The number of methoxy groups -OCH3 is 1. The first-order chi connectivity index (χ1) is 11.4. The van der Waals surface area contributed by atoms with Gasteiger partial charge in [-0.1, -0.05) is 12.1 Å². The summed E-state index contributed by atoms with van der Waals surface area (Å²) in [7, 11) is -2.28. The molecule has 124 valence electrons. The maximum absolute atomic E-state index is 11.9. The smallest absolute Gasteiger partial charge is 0.240 e. The van der Waals surface area contributed by atoms with Crippen LogP contribution >= 0.6 is 15.9 Å². The third kappa shape index (κ3) is 3.08. The second-order valence-corrected chi connectivity index (χ2v) is 7.38. The molecule has 1 heterocycles. The van der Waals surface area contributed by atoms with Gasteiger partial charge in [-0.15, -0.1) is 0 Å². The van der Waals surface area contributed by atoms with Gasteiger partial charge in [0.2, 0.25) is 10.0 Å². The molecule has 2 aromatic carbocycles. The Balaban J connectivity index is 2.22. The van der Waals surface area contributed by atoms with Crippen LogP contribution in [0.1, 0.15) is 0 Å². The van der Waals surface area contributed by atoms with Gasteiger partial charge >= 0.3 is 0 Å². The number of nitrogens with two attached hydrogens (primary N) is 1. The number of hydrogen-bond donors (Lipinski definition) is 1. The fourth-order valence-corrected chi connectivity index (χ4v) is 3.60. The Morgan fingerprint density at radius 3 is 2.42 bits per heavy atom. The van der Waals surface area contributed by atoms with E-state index in [1.807, 2.05) is 24.3 Å². The van der Waals surface area contributed by atoms with Gasteiger partial charge in [0.05, 0.1) is 29.2 Å². The maximum atomic E-state index is 11.9. The average molecular weight is 408 g/mol. The van der Waals surface area contributed by atoms with Crippen LogP contribution in [-0.4, -0.2) is 25.3 Å². The van der Waals surface area contributed by atoms with Gasteiger partial charge < -0.3 is 4.74 Å². The van der Waals surface area contributed by atoms with Crippen LogP contribution in [0, 0.1) is 0 Å². The molecule has 3 aromatic rings. The lowest BCUT2D eigenvalue weighted by atomic mass is 10.1. The molecule has 24 heavy (non-hydrogen) atoms. The highest BCUT2D eigenvalue weighted by atomic mass is 79.9. The Labute approximate surface area is 148 Å². The molecule has 6 nitrogen and oxygen atoms in total. The summed E-state index contributed by atoms with van der Waals surface area (Å²) in [6.45, 7) is 0. The second kappa shape index (κ2) is 6.39. The van der Waals surface area contributed by atoms with Crippen molar-refractivity contribution >= 4 is 26.0 Å². The fourth-order valence-electron chi connectivity index (χ4n) is 2.39. The minimum Gasteiger partial charge on any atom is -0.497 e. The molecule has 0 aliphatic carbocycles. The van der Waals surface area contributed by atoms with Crippen LogP contribution < -0.4 is 9.88 Å². The molecular weight excluding hydrogens is 394 g/mol. The first-order valence-electron chi connectivity index (χ1n) is 6.92. The number of aromatic nitrogens is 2. The van der Waals surface area contributed by atoms with Gasteiger partial charge in [-0.2, -0.15) is 5.10 Å². The molecular formula is C16H14BrN3O3S. The molecule has 0 spiro atoms. The largest absolute Gasteiger partial charge is 0.497 e. The molecule has 0 bridgehead atoms. The van der Waals surface area contributed by atoms with Gasteiger partial charge in [-0.05, 0) is 52.3 Å². The van der Waals surface area contributed by atoms with E-state index < -0.39 is 10.0 Å². The number of primary sulfonamides is 1. The minimum absolute atomic E-state index is 0.00959. The molecule has 3 rings (SSSR count). The SMILES string of the molecule is COc1ccc(-c2c(Br)cnn2-c2ccccc2S(N)(=O)=O)cc1. The van der Waals surface area contributed by atoms with Crippen molar-refractivity contribution in [2.75, 3.05) is 7.11 Å². The van der Waals surface area contributed by atoms with E-state index in [0.29, 0.717) is 11.4 Å². The molecule has 2 N–H and O–H groups in total. The Bertz CT molecular complexity index is 982. The highest BCUT2D eigenvalue weighted by Crippen LogP contribution is 2.33. The van der Waals surface area contributed by atoms with E-state index in [4.69, 9.17) is 9.88 Å². The van der Waals surface area contributed by atoms with Gasteiger partial charge in [-0.25, -0.2) is 18.2 Å². The number of para-hydroxylation sites is 1. The standard InChI is InChI=1S/C16H14BrN3O3S/c1-23-12-8-6-11(7-9-12)16-13(17)10-19-20(16)14-4-2-3-5-15(14)24(18,21)22/h2-10H,1H3,(H2,18,21,22). The van der Waals surface area contributed by atoms with Crippen molar-refractivity contribution in [3.05, 3.63) is 59.2 Å². The van der Waals surface area contributed by atoms with Crippen LogP contribution in [0.25, 0.3) is 16.9 Å². The Morgan fingerprint density at radius 1 is 1.12 bits per heavy atom. The van der Waals surface area contributed by atoms with Crippen LogP contribution in [0.5, 0.6) is 5.75 Å². The monoisotopic (exact) mass is 407 g/mol. The molecule has 0 fully saturated rings. The van der Waals surface area contributed by atoms with Gasteiger partial charge in [-0.3, -0.25) is 0 Å². The van der Waals surface area contributed by atoms with E-state index in [2.05, 4.69) is 21.0 Å². The van der Waals surface area contributed by atoms with Crippen LogP contribution in [0.4, 0.5) is 0 Å². The van der Waals surface area contributed by atoms with Crippen molar-refractivity contribution < 1.29 is 13.2 Å². The maximum Gasteiger partial charge on any atom is 0.240 e. The van der Waals surface area contributed by atoms with Crippen LogP contribution in [0.15, 0.2) is 64.1 Å². The van der Waals surface area contributed by atoms with Crippen molar-refractivity contribution in [2.45, 2.75) is 4.90 Å². The summed E-state index contributed by atoms with van der Waals surface area (Å²) in [6, 6.07) is 13.9. The Morgan fingerprint density at radius 2 is 1.79 bits per heavy atom. The predicted octanol–water partition coefficient (Wildman–Crippen LogP) is 2.96. The number of hydrogen-bond acceptors (Lipinski definition) is 4. The van der Waals surface area contributed by atoms with E-state index in [0.717, 1.165) is 15.8 Å². The number of benzene rings is 2. The van der Waals surface area contributed by atoms with Gasteiger partial charge in [0.25, 0.3) is 0 Å². The lowest BCUT2D eigenvalue weighted by molar-refractivity contribution is 0.415. The molecule has 1 aromatic heterocycles. The molecule has 0 aliphatic rings. The summed E-state index contributed by atoms with van der Waals surface area (Å²) in [5, 5.41) is 9.63. The van der Waals surface area contributed by atoms with Crippen molar-refractivity contribution in [3.63, 3.8) is 0 Å². The fraction of sp³-hybridized carbons (Fsp3) is 0.0625.